The number of nitrogens with zero attached hydrogens (tertiary/aromatic N) is 3. The maximum Gasteiger partial charge on any atom is 0.246 e. The molecule has 19 heavy (non-hydrogen) atoms. The molecule has 2 N–H and O–H groups in total. The normalized spacial score (nSPS) is 9.89. The number of benzene rings is 1. The Morgan fingerprint density at radius 1 is 1.37 bits per heavy atom. The largest absolute Gasteiger partial charge is 0.399 e. The molecule has 0 saturated carbocycles. The number of anilines is 2. The first-order chi connectivity index (χ1) is 9.11. The van der Waals surface area contributed by atoms with Gasteiger partial charge in [0, 0.05) is 24.6 Å². The molecule has 1 aromatic heterocycles. The Morgan fingerprint density at radius 2 is 2.05 bits per heavy atom. The molecule has 2 aromatic rings. The molecule has 0 aliphatic heterocycles. The van der Waals surface area contributed by atoms with E-state index >= 15 is 0 Å². The number of carbonyl (C=O) groups is 1. The highest BCUT2D eigenvalue weighted by Crippen LogP contribution is 2.15. The summed E-state index contributed by atoms with van der Waals surface area (Å²) in [4.78, 5) is 13.7. The van der Waals surface area contributed by atoms with Crippen LogP contribution in [0, 0.1) is 11.3 Å². The van der Waals surface area contributed by atoms with Crippen molar-refractivity contribution >= 4 is 17.3 Å². The van der Waals surface area contributed by atoms with Crippen molar-refractivity contribution in [3.05, 3.63) is 48.3 Å². The van der Waals surface area contributed by atoms with Crippen LogP contribution in [0.1, 0.15) is 5.69 Å². The van der Waals surface area contributed by atoms with Gasteiger partial charge in [0.25, 0.3) is 0 Å². The first-order valence-corrected chi connectivity index (χ1v) is 5.79. The van der Waals surface area contributed by atoms with Gasteiger partial charge >= 0.3 is 0 Å². The van der Waals surface area contributed by atoms with Crippen LogP contribution in [0.15, 0.2) is 42.6 Å². The Balaban J connectivity index is 2.12. The third kappa shape index (κ3) is 2.75. The molecule has 0 aliphatic rings. The Bertz CT molecular complexity index is 622. The van der Waals surface area contributed by atoms with E-state index in [9.17, 15) is 4.79 Å². The second-order valence-corrected chi connectivity index (χ2v) is 4.18. The summed E-state index contributed by atoms with van der Waals surface area (Å²) in [6.07, 6.45) is 1.72. The third-order valence-electron chi connectivity index (χ3n) is 2.90. The molecule has 96 valence electrons. The van der Waals surface area contributed by atoms with Gasteiger partial charge in [-0.15, -0.1) is 0 Å². The summed E-state index contributed by atoms with van der Waals surface area (Å²) in [6.45, 7) is 0.136. The number of hydrogen-bond donors (Lipinski definition) is 1. The molecule has 1 heterocycles. The molecule has 2 rings (SSSR count). The fourth-order valence-corrected chi connectivity index (χ4v) is 1.75. The van der Waals surface area contributed by atoms with E-state index in [-0.39, 0.29) is 12.5 Å². The molecular weight excluding hydrogens is 240 g/mol. The van der Waals surface area contributed by atoms with Gasteiger partial charge < -0.3 is 15.2 Å². The highest BCUT2D eigenvalue weighted by Gasteiger charge is 2.12. The van der Waals surface area contributed by atoms with E-state index < -0.39 is 0 Å². The summed E-state index contributed by atoms with van der Waals surface area (Å²) < 4.78 is 1.62. The van der Waals surface area contributed by atoms with Crippen molar-refractivity contribution in [1.29, 1.82) is 5.26 Å². The summed E-state index contributed by atoms with van der Waals surface area (Å²) in [7, 11) is 1.70. The zero-order chi connectivity index (χ0) is 13.8. The van der Waals surface area contributed by atoms with Crippen molar-refractivity contribution in [2.75, 3.05) is 17.7 Å². The lowest BCUT2D eigenvalue weighted by atomic mass is 10.2. The number of likely N-dealkylation sites (N-methyl/N-ethyl adjacent to an activating group) is 1. The lowest BCUT2D eigenvalue weighted by molar-refractivity contribution is -0.118. The van der Waals surface area contributed by atoms with Crippen LogP contribution >= 0.6 is 0 Å². The standard InChI is InChI=1S/C14H14N4O/c1-17(12-6-4-11(16)5-7-12)14(19)10-18-8-2-3-13(18)9-15/h2-8H,10,16H2,1H3. The number of nitriles is 1. The maximum absolute atomic E-state index is 12.1. The van der Waals surface area contributed by atoms with Crippen LogP contribution in [0.3, 0.4) is 0 Å². The van der Waals surface area contributed by atoms with Crippen LogP contribution in [0.2, 0.25) is 0 Å². The van der Waals surface area contributed by atoms with Gasteiger partial charge in [-0.1, -0.05) is 0 Å². The minimum Gasteiger partial charge on any atom is -0.399 e. The fraction of sp³-hybridized carbons (Fsp3) is 0.143. The molecule has 0 saturated heterocycles. The molecule has 0 fully saturated rings. The third-order valence-corrected chi connectivity index (χ3v) is 2.90. The van der Waals surface area contributed by atoms with Crippen molar-refractivity contribution in [1.82, 2.24) is 4.57 Å². The molecule has 1 aromatic carbocycles. The molecule has 5 heteroatoms. The molecule has 0 spiro atoms. The minimum absolute atomic E-state index is 0.0996. The Labute approximate surface area is 111 Å². The van der Waals surface area contributed by atoms with E-state index in [1.54, 1.807) is 59.1 Å². The quantitative estimate of drug-likeness (QED) is 0.845. The number of carbonyl (C=O) groups excluding carboxylic acids is 1. The number of aromatic nitrogens is 1. The van der Waals surface area contributed by atoms with Crippen LogP contribution in [0.4, 0.5) is 11.4 Å². The van der Waals surface area contributed by atoms with Crippen molar-refractivity contribution < 1.29 is 4.79 Å². The monoisotopic (exact) mass is 254 g/mol. The maximum atomic E-state index is 12.1. The summed E-state index contributed by atoms with van der Waals surface area (Å²) in [5.74, 6) is -0.0996. The lowest BCUT2D eigenvalue weighted by Crippen LogP contribution is -2.30. The summed E-state index contributed by atoms with van der Waals surface area (Å²) in [5.41, 5.74) is 7.50. The van der Waals surface area contributed by atoms with Gasteiger partial charge in [0.1, 0.15) is 18.3 Å². The number of hydrogen-bond acceptors (Lipinski definition) is 3. The SMILES string of the molecule is CN(C(=O)Cn1cccc1C#N)c1ccc(N)cc1. The number of amides is 1. The predicted molar refractivity (Wildman–Crippen MR) is 73.4 cm³/mol. The predicted octanol–water partition coefficient (Wildman–Crippen LogP) is 1.60. The van der Waals surface area contributed by atoms with Gasteiger partial charge in [-0.05, 0) is 36.4 Å². The average molecular weight is 254 g/mol. The Morgan fingerprint density at radius 3 is 2.68 bits per heavy atom. The van der Waals surface area contributed by atoms with E-state index in [0.29, 0.717) is 11.4 Å². The topological polar surface area (TPSA) is 75.0 Å². The van der Waals surface area contributed by atoms with Gasteiger partial charge in [-0.25, -0.2) is 0 Å². The second kappa shape index (κ2) is 5.27. The molecule has 0 bridgehead atoms. The van der Waals surface area contributed by atoms with E-state index in [1.165, 1.54) is 0 Å². The smallest absolute Gasteiger partial charge is 0.246 e. The van der Waals surface area contributed by atoms with Crippen LogP contribution in [0.5, 0.6) is 0 Å². The number of nitrogen functional groups attached to an aromatic ring is 1. The Kier molecular flexibility index (Phi) is 3.53. The highest BCUT2D eigenvalue weighted by molar-refractivity contribution is 5.92. The second-order valence-electron chi connectivity index (χ2n) is 4.18. The molecular formula is C14H14N4O. The minimum atomic E-state index is -0.0996. The first-order valence-electron chi connectivity index (χ1n) is 5.79. The lowest BCUT2D eigenvalue weighted by Gasteiger charge is -2.18. The van der Waals surface area contributed by atoms with Crippen LogP contribution in [-0.2, 0) is 11.3 Å². The van der Waals surface area contributed by atoms with Crippen molar-refractivity contribution in [2.45, 2.75) is 6.54 Å². The van der Waals surface area contributed by atoms with Crippen molar-refractivity contribution in [2.24, 2.45) is 0 Å². The molecule has 0 radical (unpaired) electrons. The van der Waals surface area contributed by atoms with Gasteiger partial charge in [0.15, 0.2) is 0 Å². The molecule has 0 unspecified atom stereocenters. The van der Waals surface area contributed by atoms with Crippen molar-refractivity contribution in [3.8, 4) is 6.07 Å². The summed E-state index contributed by atoms with van der Waals surface area (Å²) >= 11 is 0. The van der Waals surface area contributed by atoms with Gasteiger partial charge in [-0.2, -0.15) is 5.26 Å². The van der Waals surface area contributed by atoms with E-state index in [4.69, 9.17) is 11.0 Å². The van der Waals surface area contributed by atoms with Gasteiger partial charge in [0.2, 0.25) is 5.91 Å². The van der Waals surface area contributed by atoms with Gasteiger partial charge in [-0.3, -0.25) is 4.79 Å². The number of rotatable bonds is 3. The summed E-state index contributed by atoms with van der Waals surface area (Å²) in [5, 5.41) is 8.90. The van der Waals surface area contributed by atoms with E-state index in [0.717, 1.165) is 5.69 Å². The van der Waals surface area contributed by atoms with Crippen molar-refractivity contribution in [3.63, 3.8) is 0 Å². The summed E-state index contributed by atoms with van der Waals surface area (Å²) in [6, 6.07) is 12.5. The fourth-order valence-electron chi connectivity index (χ4n) is 1.75. The average Bonchev–Trinajstić information content (AvgIpc) is 2.86. The van der Waals surface area contributed by atoms with E-state index in [2.05, 4.69) is 0 Å². The zero-order valence-electron chi connectivity index (χ0n) is 10.6. The first kappa shape index (κ1) is 12.7. The van der Waals surface area contributed by atoms with Crippen LogP contribution in [-0.4, -0.2) is 17.5 Å². The van der Waals surface area contributed by atoms with Gasteiger partial charge in [0.05, 0.1) is 0 Å². The molecule has 0 aliphatic carbocycles. The highest BCUT2D eigenvalue weighted by atomic mass is 16.2. The van der Waals surface area contributed by atoms with Crippen LogP contribution in [0.25, 0.3) is 0 Å². The van der Waals surface area contributed by atoms with Crippen LogP contribution < -0.4 is 10.6 Å². The number of nitrogens with two attached hydrogens (primary N) is 1. The van der Waals surface area contributed by atoms with E-state index in [1.807, 2.05) is 6.07 Å². The molecule has 5 nitrogen and oxygen atoms in total. The zero-order valence-corrected chi connectivity index (χ0v) is 10.6. The Hall–Kier alpha value is -2.74. The molecule has 1 amide bonds. The molecule has 0 atom stereocenters.